The minimum atomic E-state index is 0.812. The van der Waals surface area contributed by atoms with Crippen molar-refractivity contribution in [3.8, 4) is 0 Å². The van der Waals surface area contributed by atoms with Gasteiger partial charge in [-0.25, -0.2) is 9.67 Å². The van der Waals surface area contributed by atoms with Gasteiger partial charge in [0, 0.05) is 6.54 Å². The van der Waals surface area contributed by atoms with Crippen LogP contribution in [0, 0.1) is 5.92 Å². The molecule has 1 N–H and O–H groups in total. The summed E-state index contributed by atoms with van der Waals surface area (Å²) in [5.41, 5.74) is 0. The zero-order valence-corrected chi connectivity index (χ0v) is 7.32. The molecular weight excluding hydrogens is 152 g/mol. The number of hydrogen-bond acceptors (Lipinski definition) is 3. The quantitative estimate of drug-likeness (QED) is 0.704. The fourth-order valence-corrected chi connectivity index (χ4v) is 1.28. The Morgan fingerprint density at radius 1 is 1.67 bits per heavy atom. The molecule has 1 fully saturated rings. The number of hydrogen-bond donors (Lipinski definition) is 1. The minimum absolute atomic E-state index is 0.812. The first-order chi connectivity index (χ1) is 5.90. The van der Waals surface area contributed by atoms with Gasteiger partial charge in [-0.15, -0.1) is 0 Å². The van der Waals surface area contributed by atoms with E-state index in [4.69, 9.17) is 0 Å². The molecule has 1 heterocycles. The molecule has 4 nitrogen and oxygen atoms in total. The van der Waals surface area contributed by atoms with Crippen LogP contribution in [0.4, 0.5) is 0 Å². The maximum Gasteiger partial charge on any atom is 0.140 e. The van der Waals surface area contributed by atoms with Gasteiger partial charge in [-0.1, -0.05) is 0 Å². The van der Waals surface area contributed by atoms with Crippen LogP contribution in [0.25, 0.3) is 0 Å². The summed E-state index contributed by atoms with van der Waals surface area (Å²) in [5.74, 6) is 1.91. The van der Waals surface area contributed by atoms with E-state index >= 15 is 0 Å². The van der Waals surface area contributed by atoms with Crippen LogP contribution in [0.15, 0.2) is 6.33 Å². The molecule has 1 aromatic rings. The first-order valence-corrected chi connectivity index (χ1v) is 4.41. The molecule has 1 aliphatic rings. The van der Waals surface area contributed by atoms with Gasteiger partial charge in [0.15, 0.2) is 0 Å². The molecule has 0 aliphatic heterocycles. The summed E-state index contributed by atoms with van der Waals surface area (Å²) >= 11 is 0. The molecule has 1 aromatic heterocycles. The van der Waals surface area contributed by atoms with Crippen molar-refractivity contribution in [3.63, 3.8) is 0 Å². The second-order valence-corrected chi connectivity index (χ2v) is 3.33. The molecular formula is C8H14N4. The first kappa shape index (κ1) is 7.73. The predicted octanol–water partition coefficient (Wildman–Crippen LogP) is 0.407. The Labute approximate surface area is 72.0 Å². The van der Waals surface area contributed by atoms with Crippen molar-refractivity contribution in [1.82, 2.24) is 20.1 Å². The number of aromatic nitrogens is 3. The fraction of sp³-hybridized carbons (Fsp3) is 0.750. The molecule has 12 heavy (non-hydrogen) atoms. The van der Waals surface area contributed by atoms with E-state index in [-0.39, 0.29) is 0 Å². The predicted molar refractivity (Wildman–Crippen MR) is 45.5 cm³/mol. The maximum atomic E-state index is 4.18. The summed E-state index contributed by atoms with van der Waals surface area (Å²) in [6.07, 6.45) is 4.35. The number of nitrogens with zero attached hydrogens (tertiary/aromatic N) is 3. The molecule has 2 rings (SSSR count). The molecule has 0 saturated heterocycles. The molecule has 0 spiro atoms. The topological polar surface area (TPSA) is 42.7 Å². The molecule has 4 heteroatoms. The SMILES string of the molecule is CNCc1ncnn1CC1CC1. The van der Waals surface area contributed by atoms with Crippen molar-refractivity contribution in [2.24, 2.45) is 5.92 Å². The van der Waals surface area contributed by atoms with Gasteiger partial charge in [-0.05, 0) is 25.8 Å². The summed E-state index contributed by atoms with van der Waals surface area (Å²) in [7, 11) is 1.93. The molecule has 66 valence electrons. The summed E-state index contributed by atoms with van der Waals surface area (Å²) in [6.45, 7) is 1.86. The average Bonchev–Trinajstić information content (AvgIpc) is 2.76. The van der Waals surface area contributed by atoms with E-state index in [0.29, 0.717) is 0 Å². The van der Waals surface area contributed by atoms with Gasteiger partial charge in [0.05, 0.1) is 6.54 Å². The Morgan fingerprint density at radius 3 is 3.17 bits per heavy atom. The standard InChI is InChI=1S/C8H14N4/c1-9-4-8-10-6-11-12(8)5-7-2-3-7/h6-7,9H,2-5H2,1H3. The van der Waals surface area contributed by atoms with E-state index in [0.717, 1.165) is 24.8 Å². The van der Waals surface area contributed by atoms with E-state index in [2.05, 4.69) is 15.4 Å². The second kappa shape index (κ2) is 3.23. The zero-order chi connectivity index (χ0) is 8.39. The third-order valence-electron chi connectivity index (χ3n) is 2.16. The smallest absolute Gasteiger partial charge is 0.140 e. The summed E-state index contributed by atoms with van der Waals surface area (Å²) in [4.78, 5) is 4.18. The summed E-state index contributed by atoms with van der Waals surface area (Å²) < 4.78 is 2.01. The Kier molecular flexibility index (Phi) is 2.08. The Morgan fingerprint density at radius 2 is 2.50 bits per heavy atom. The summed E-state index contributed by atoms with van der Waals surface area (Å²) in [5, 5.41) is 7.26. The third-order valence-corrected chi connectivity index (χ3v) is 2.16. The van der Waals surface area contributed by atoms with Gasteiger partial charge in [-0.3, -0.25) is 0 Å². The van der Waals surface area contributed by atoms with Crippen LogP contribution < -0.4 is 5.32 Å². The van der Waals surface area contributed by atoms with Crippen molar-refractivity contribution >= 4 is 0 Å². The van der Waals surface area contributed by atoms with Gasteiger partial charge in [0.1, 0.15) is 12.2 Å². The van der Waals surface area contributed by atoms with E-state index in [1.54, 1.807) is 6.33 Å². The molecule has 0 bridgehead atoms. The minimum Gasteiger partial charge on any atom is -0.313 e. The van der Waals surface area contributed by atoms with Crippen LogP contribution >= 0.6 is 0 Å². The lowest BCUT2D eigenvalue weighted by Gasteiger charge is -2.03. The van der Waals surface area contributed by atoms with Crippen LogP contribution in [0.1, 0.15) is 18.7 Å². The zero-order valence-electron chi connectivity index (χ0n) is 7.32. The Hall–Kier alpha value is -0.900. The Balaban J connectivity index is 2.01. The molecule has 0 radical (unpaired) electrons. The molecule has 0 atom stereocenters. The Bertz CT molecular complexity index is 251. The highest BCUT2D eigenvalue weighted by molar-refractivity contribution is 4.86. The first-order valence-electron chi connectivity index (χ1n) is 4.41. The number of nitrogens with one attached hydrogen (secondary N) is 1. The van der Waals surface area contributed by atoms with Crippen molar-refractivity contribution in [2.75, 3.05) is 7.05 Å². The number of rotatable bonds is 4. The van der Waals surface area contributed by atoms with Crippen molar-refractivity contribution in [3.05, 3.63) is 12.2 Å². The average molecular weight is 166 g/mol. The van der Waals surface area contributed by atoms with E-state index in [9.17, 15) is 0 Å². The highest BCUT2D eigenvalue weighted by atomic mass is 15.3. The van der Waals surface area contributed by atoms with Gasteiger partial charge >= 0.3 is 0 Å². The molecule has 1 aliphatic carbocycles. The van der Waals surface area contributed by atoms with Crippen LogP contribution in [0.2, 0.25) is 0 Å². The fourth-order valence-electron chi connectivity index (χ4n) is 1.28. The summed E-state index contributed by atoms with van der Waals surface area (Å²) in [6, 6.07) is 0. The van der Waals surface area contributed by atoms with Crippen LogP contribution in [-0.2, 0) is 13.1 Å². The maximum absolute atomic E-state index is 4.18. The van der Waals surface area contributed by atoms with Gasteiger partial charge in [-0.2, -0.15) is 5.10 Å². The normalized spacial score (nSPS) is 16.8. The van der Waals surface area contributed by atoms with E-state index in [1.165, 1.54) is 12.8 Å². The highest BCUT2D eigenvalue weighted by Gasteiger charge is 2.22. The molecule has 0 amide bonds. The lowest BCUT2D eigenvalue weighted by atomic mass is 10.4. The lowest BCUT2D eigenvalue weighted by molar-refractivity contribution is 0.526. The van der Waals surface area contributed by atoms with Crippen molar-refractivity contribution in [2.45, 2.75) is 25.9 Å². The van der Waals surface area contributed by atoms with Gasteiger partial charge in [0.25, 0.3) is 0 Å². The molecule has 0 unspecified atom stereocenters. The molecule has 1 saturated carbocycles. The van der Waals surface area contributed by atoms with Crippen molar-refractivity contribution < 1.29 is 0 Å². The van der Waals surface area contributed by atoms with Gasteiger partial charge in [0.2, 0.25) is 0 Å². The van der Waals surface area contributed by atoms with E-state index in [1.807, 2.05) is 11.7 Å². The van der Waals surface area contributed by atoms with Crippen LogP contribution in [-0.4, -0.2) is 21.8 Å². The molecule has 0 aromatic carbocycles. The van der Waals surface area contributed by atoms with Crippen LogP contribution in [0.3, 0.4) is 0 Å². The highest BCUT2D eigenvalue weighted by Crippen LogP contribution is 2.30. The third kappa shape index (κ3) is 1.64. The monoisotopic (exact) mass is 166 g/mol. The lowest BCUT2D eigenvalue weighted by Crippen LogP contribution is -2.14. The van der Waals surface area contributed by atoms with Gasteiger partial charge < -0.3 is 5.32 Å². The van der Waals surface area contributed by atoms with Crippen molar-refractivity contribution in [1.29, 1.82) is 0 Å². The van der Waals surface area contributed by atoms with E-state index < -0.39 is 0 Å². The second-order valence-electron chi connectivity index (χ2n) is 3.33. The van der Waals surface area contributed by atoms with Crippen LogP contribution in [0.5, 0.6) is 0 Å². The largest absolute Gasteiger partial charge is 0.313 e.